The van der Waals surface area contributed by atoms with E-state index in [1.165, 1.54) is 11.1 Å². The van der Waals surface area contributed by atoms with E-state index in [4.69, 9.17) is 16.0 Å². The maximum atomic E-state index is 6.05. The first-order chi connectivity index (χ1) is 9.20. The molecule has 0 saturated heterocycles. The largest absolute Gasteiger partial charge is 0.472 e. The highest BCUT2D eigenvalue weighted by Crippen LogP contribution is 2.27. The van der Waals surface area contributed by atoms with Crippen LogP contribution in [0.5, 0.6) is 0 Å². The van der Waals surface area contributed by atoms with Gasteiger partial charge in [-0.2, -0.15) is 0 Å². The molecule has 0 amide bonds. The van der Waals surface area contributed by atoms with Crippen LogP contribution in [0.3, 0.4) is 0 Å². The molecule has 0 radical (unpaired) electrons. The van der Waals surface area contributed by atoms with Crippen LogP contribution in [0.4, 0.5) is 0 Å². The van der Waals surface area contributed by atoms with Crippen LogP contribution >= 0.6 is 27.5 Å². The second kappa shape index (κ2) is 7.13. The van der Waals surface area contributed by atoms with Crippen LogP contribution in [0.2, 0.25) is 5.02 Å². The number of benzene rings is 1. The van der Waals surface area contributed by atoms with E-state index in [-0.39, 0.29) is 6.04 Å². The van der Waals surface area contributed by atoms with Crippen LogP contribution in [-0.2, 0) is 6.42 Å². The van der Waals surface area contributed by atoms with Gasteiger partial charge in [0.15, 0.2) is 0 Å². The topological polar surface area (TPSA) is 25.2 Å². The fourth-order valence-electron chi connectivity index (χ4n) is 2.00. The van der Waals surface area contributed by atoms with Crippen molar-refractivity contribution in [1.82, 2.24) is 5.32 Å². The number of halogens is 2. The van der Waals surface area contributed by atoms with Gasteiger partial charge < -0.3 is 9.73 Å². The molecule has 0 spiro atoms. The standard InChI is InChI=1S/C15H17BrClNO/c1-2-6-18-15(8-11-5-7-19-10-11)12-3-4-14(17)13(16)9-12/h3-5,7,9-10,15,18H,2,6,8H2,1H3. The van der Waals surface area contributed by atoms with Crippen LogP contribution in [0.1, 0.15) is 30.5 Å². The molecule has 102 valence electrons. The molecule has 1 aromatic heterocycles. The average Bonchev–Trinajstić information content (AvgIpc) is 2.91. The molecule has 19 heavy (non-hydrogen) atoms. The molecule has 2 rings (SSSR count). The Morgan fingerprint density at radius 3 is 2.84 bits per heavy atom. The van der Waals surface area contributed by atoms with Crippen molar-refractivity contribution in [2.75, 3.05) is 6.54 Å². The molecule has 2 nitrogen and oxygen atoms in total. The molecule has 1 aromatic carbocycles. The van der Waals surface area contributed by atoms with Crippen molar-refractivity contribution in [2.24, 2.45) is 0 Å². The Hall–Kier alpha value is -0.770. The summed E-state index contributed by atoms with van der Waals surface area (Å²) in [5, 5.41) is 4.30. The van der Waals surface area contributed by atoms with E-state index in [1.807, 2.05) is 12.1 Å². The van der Waals surface area contributed by atoms with Gasteiger partial charge in [0.1, 0.15) is 0 Å². The predicted octanol–water partition coefficient (Wildman–Crippen LogP) is 4.98. The zero-order chi connectivity index (χ0) is 13.7. The molecule has 4 heteroatoms. The molecule has 0 aliphatic carbocycles. The summed E-state index contributed by atoms with van der Waals surface area (Å²) in [6, 6.07) is 8.35. The summed E-state index contributed by atoms with van der Waals surface area (Å²) in [6.07, 6.45) is 5.52. The molecular weight excluding hydrogens is 326 g/mol. The van der Waals surface area contributed by atoms with Crippen molar-refractivity contribution >= 4 is 27.5 Å². The SMILES string of the molecule is CCCNC(Cc1ccoc1)c1ccc(Cl)c(Br)c1. The summed E-state index contributed by atoms with van der Waals surface area (Å²) in [5.41, 5.74) is 2.42. The van der Waals surface area contributed by atoms with E-state index in [0.29, 0.717) is 0 Å². The number of nitrogens with one attached hydrogen (secondary N) is 1. The molecule has 1 unspecified atom stereocenters. The van der Waals surface area contributed by atoms with Crippen molar-refractivity contribution in [3.63, 3.8) is 0 Å². The number of hydrogen-bond donors (Lipinski definition) is 1. The van der Waals surface area contributed by atoms with Crippen molar-refractivity contribution in [3.8, 4) is 0 Å². The Bertz CT molecular complexity index is 513. The predicted molar refractivity (Wildman–Crippen MR) is 82.6 cm³/mol. The van der Waals surface area contributed by atoms with Gasteiger partial charge in [-0.15, -0.1) is 0 Å². The number of hydrogen-bond acceptors (Lipinski definition) is 2. The quantitative estimate of drug-likeness (QED) is 0.801. The summed E-state index contributed by atoms with van der Waals surface area (Å²) in [5.74, 6) is 0. The fraction of sp³-hybridized carbons (Fsp3) is 0.333. The first kappa shape index (κ1) is 14.6. The summed E-state index contributed by atoms with van der Waals surface area (Å²) in [6.45, 7) is 3.16. The zero-order valence-electron chi connectivity index (χ0n) is 10.8. The van der Waals surface area contributed by atoms with Crippen molar-refractivity contribution in [1.29, 1.82) is 0 Å². The molecule has 0 saturated carbocycles. The minimum Gasteiger partial charge on any atom is -0.472 e. The molecule has 2 aromatic rings. The molecule has 0 aliphatic heterocycles. The Kier molecular flexibility index (Phi) is 5.49. The maximum absolute atomic E-state index is 6.05. The van der Waals surface area contributed by atoms with Crippen LogP contribution in [0, 0.1) is 0 Å². The van der Waals surface area contributed by atoms with Gasteiger partial charge in [-0.3, -0.25) is 0 Å². The summed E-state index contributed by atoms with van der Waals surface area (Å²) in [4.78, 5) is 0. The van der Waals surface area contributed by atoms with E-state index in [2.05, 4.69) is 40.3 Å². The number of rotatable bonds is 6. The van der Waals surface area contributed by atoms with Crippen molar-refractivity contribution in [2.45, 2.75) is 25.8 Å². The average molecular weight is 343 g/mol. The van der Waals surface area contributed by atoms with Gasteiger partial charge in [0.2, 0.25) is 0 Å². The molecule has 0 bridgehead atoms. The molecule has 0 aliphatic rings. The third-order valence-electron chi connectivity index (χ3n) is 3.01. The lowest BCUT2D eigenvalue weighted by Crippen LogP contribution is -2.24. The fourth-order valence-corrected chi connectivity index (χ4v) is 2.51. The first-order valence-electron chi connectivity index (χ1n) is 6.40. The minimum atomic E-state index is 0.270. The van der Waals surface area contributed by atoms with Crippen molar-refractivity contribution < 1.29 is 4.42 Å². The highest BCUT2D eigenvalue weighted by atomic mass is 79.9. The number of furan rings is 1. The molecular formula is C15H17BrClNO. The van der Waals surface area contributed by atoms with E-state index < -0.39 is 0 Å². The Morgan fingerprint density at radius 2 is 2.21 bits per heavy atom. The van der Waals surface area contributed by atoms with E-state index in [0.717, 1.165) is 28.9 Å². The van der Waals surface area contributed by atoms with E-state index in [9.17, 15) is 0 Å². The molecule has 0 fully saturated rings. The summed E-state index contributed by atoms with van der Waals surface area (Å²) < 4.78 is 6.07. The monoisotopic (exact) mass is 341 g/mol. The molecule has 1 N–H and O–H groups in total. The van der Waals surface area contributed by atoms with Gasteiger partial charge in [0.25, 0.3) is 0 Å². The van der Waals surface area contributed by atoms with Gasteiger partial charge >= 0.3 is 0 Å². The van der Waals surface area contributed by atoms with Gasteiger partial charge in [-0.25, -0.2) is 0 Å². The maximum Gasteiger partial charge on any atom is 0.0935 e. The van der Waals surface area contributed by atoms with Crippen molar-refractivity contribution in [3.05, 3.63) is 57.4 Å². The zero-order valence-corrected chi connectivity index (χ0v) is 13.2. The Balaban J connectivity index is 2.18. The van der Waals surface area contributed by atoms with Crippen LogP contribution in [0.25, 0.3) is 0 Å². The van der Waals surface area contributed by atoms with E-state index in [1.54, 1.807) is 12.5 Å². The third-order valence-corrected chi connectivity index (χ3v) is 4.22. The van der Waals surface area contributed by atoms with Gasteiger partial charge in [-0.05, 0) is 64.6 Å². The lowest BCUT2D eigenvalue weighted by atomic mass is 10.0. The van der Waals surface area contributed by atoms with E-state index >= 15 is 0 Å². The lowest BCUT2D eigenvalue weighted by Gasteiger charge is -2.19. The summed E-state index contributed by atoms with van der Waals surface area (Å²) in [7, 11) is 0. The second-order valence-corrected chi connectivity index (χ2v) is 5.78. The van der Waals surface area contributed by atoms with Gasteiger partial charge in [0, 0.05) is 10.5 Å². The summed E-state index contributed by atoms with van der Waals surface area (Å²) >= 11 is 9.53. The van der Waals surface area contributed by atoms with Crippen LogP contribution < -0.4 is 5.32 Å². The smallest absolute Gasteiger partial charge is 0.0935 e. The molecule has 1 atom stereocenters. The normalized spacial score (nSPS) is 12.6. The van der Waals surface area contributed by atoms with Gasteiger partial charge in [-0.1, -0.05) is 24.6 Å². The Morgan fingerprint density at radius 1 is 1.37 bits per heavy atom. The van der Waals surface area contributed by atoms with Gasteiger partial charge in [0.05, 0.1) is 17.5 Å². The van der Waals surface area contributed by atoms with Crippen LogP contribution in [0.15, 0.2) is 45.7 Å². The highest BCUT2D eigenvalue weighted by Gasteiger charge is 2.13. The first-order valence-corrected chi connectivity index (χ1v) is 7.57. The minimum absolute atomic E-state index is 0.270. The lowest BCUT2D eigenvalue weighted by molar-refractivity contribution is 0.520. The highest BCUT2D eigenvalue weighted by molar-refractivity contribution is 9.10. The molecule has 1 heterocycles. The second-order valence-electron chi connectivity index (χ2n) is 4.52. The van der Waals surface area contributed by atoms with Crippen LogP contribution in [-0.4, -0.2) is 6.54 Å². The third kappa shape index (κ3) is 4.10. The Labute approximate surface area is 127 Å².